The lowest BCUT2D eigenvalue weighted by molar-refractivity contribution is -0.143. The molecule has 1 aliphatic rings. The Bertz CT molecular complexity index is 1020. The number of para-hydroxylation sites is 1. The first-order chi connectivity index (χ1) is 14.6. The number of hydrogen-bond donors (Lipinski definition) is 2. The number of nitrogens with zero attached hydrogens (tertiary/aromatic N) is 1. The van der Waals surface area contributed by atoms with Crippen LogP contribution in [0.1, 0.15) is 22.3 Å². The van der Waals surface area contributed by atoms with E-state index in [0.29, 0.717) is 26.1 Å². The molecule has 0 radical (unpaired) electrons. The third-order valence-electron chi connectivity index (χ3n) is 5.53. The summed E-state index contributed by atoms with van der Waals surface area (Å²) in [6, 6.07) is 9.72. The summed E-state index contributed by atoms with van der Waals surface area (Å²) in [6.45, 7) is 1.70. The first-order valence-electron chi connectivity index (χ1n) is 9.89. The Hall–Kier alpha value is -2.52. The van der Waals surface area contributed by atoms with Crippen molar-refractivity contribution in [3.63, 3.8) is 0 Å². The number of aromatic amines is 1. The lowest BCUT2D eigenvalue weighted by atomic mass is 10.0. The monoisotopic (exact) mass is 441 g/mol. The van der Waals surface area contributed by atoms with E-state index in [2.05, 4.69) is 10.3 Å². The largest absolute Gasteiger partial charge is 0.416 e. The van der Waals surface area contributed by atoms with Crippen LogP contribution in [-0.4, -0.2) is 35.6 Å². The molecule has 9 heteroatoms. The van der Waals surface area contributed by atoms with Crippen LogP contribution in [0.5, 0.6) is 0 Å². The molecule has 31 heavy (non-hydrogen) atoms. The van der Waals surface area contributed by atoms with Crippen LogP contribution < -0.4 is 5.32 Å². The molecule has 3 aromatic rings. The van der Waals surface area contributed by atoms with E-state index in [4.69, 9.17) is 0 Å². The minimum Gasteiger partial charge on any atom is -0.361 e. The Morgan fingerprint density at radius 3 is 2.29 bits per heavy atom. The van der Waals surface area contributed by atoms with Gasteiger partial charge < -0.3 is 10.3 Å². The lowest BCUT2D eigenvalue weighted by Crippen LogP contribution is -2.51. The quantitative estimate of drug-likeness (QED) is 0.544. The smallest absolute Gasteiger partial charge is 0.361 e. The summed E-state index contributed by atoms with van der Waals surface area (Å²) in [5.74, 6) is 0. The lowest BCUT2D eigenvalue weighted by Gasteiger charge is -2.34. The van der Waals surface area contributed by atoms with Gasteiger partial charge in [0.05, 0.1) is 11.1 Å². The van der Waals surface area contributed by atoms with Gasteiger partial charge in [0.1, 0.15) is 0 Å². The maximum absolute atomic E-state index is 13.1. The van der Waals surface area contributed by atoms with Crippen molar-refractivity contribution >= 4 is 10.9 Å². The maximum atomic E-state index is 13.1. The van der Waals surface area contributed by atoms with Gasteiger partial charge in [-0.3, -0.25) is 4.90 Å². The van der Waals surface area contributed by atoms with Gasteiger partial charge in [0, 0.05) is 49.3 Å². The van der Waals surface area contributed by atoms with Crippen molar-refractivity contribution in [1.29, 1.82) is 0 Å². The molecule has 2 heterocycles. The molecule has 2 aromatic carbocycles. The summed E-state index contributed by atoms with van der Waals surface area (Å²) in [6.07, 6.45) is -7.03. The molecule has 0 spiro atoms. The molecule has 3 nitrogen and oxygen atoms in total. The summed E-state index contributed by atoms with van der Waals surface area (Å²) in [7, 11) is 0. The number of halogens is 6. The van der Waals surface area contributed by atoms with Crippen molar-refractivity contribution in [2.45, 2.75) is 31.4 Å². The number of rotatable bonds is 4. The van der Waals surface area contributed by atoms with Crippen LogP contribution in [0.3, 0.4) is 0 Å². The van der Waals surface area contributed by atoms with Crippen molar-refractivity contribution in [3.05, 3.63) is 70.9 Å². The number of piperazine rings is 1. The molecular formula is C22H21F6N3. The van der Waals surface area contributed by atoms with E-state index in [1.165, 1.54) is 0 Å². The van der Waals surface area contributed by atoms with Gasteiger partial charge in [-0.25, -0.2) is 0 Å². The van der Waals surface area contributed by atoms with Crippen molar-refractivity contribution in [2.75, 3.05) is 19.6 Å². The van der Waals surface area contributed by atoms with E-state index in [1.807, 2.05) is 35.4 Å². The molecule has 1 saturated heterocycles. The molecule has 1 unspecified atom stereocenters. The number of nitrogens with one attached hydrogen (secondary N) is 2. The first kappa shape index (κ1) is 21.7. The Kier molecular flexibility index (Phi) is 5.74. The predicted octanol–water partition coefficient (Wildman–Crippen LogP) is 5.22. The zero-order valence-corrected chi connectivity index (χ0v) is 16.4. The molecule has 0 amide bonds. The van der Waals surface area contributed by atoms with Gasteiger partial charge in [-0.2, -0.15) is 26.3 Å². The van der Waals surface area contributed by atoms with Gasteiger partial charge in [-0.05, 0) is 41.8 Å². The number of aromatic nitrogens is 1. The molecule has 0 saturated carbocycles. The highest BCUT2D eigenvalue weighted by Crippen LogP contribution is 2.36. The summed E-state index contributed by atoms with van der Waals surface area (Å²) >= 11 is 0. The minimum absolute atomic E-state index is 0.00916. The predicted molar refractivity (Wildman–Crippen MR) is 106 cm³/mol. The van der Waals surface area contributed by atoms with Crippen LogP contribution in [0, 0.1) is 0 Å². The molecule has 1 atom stereocenters. The van der Waals surface area contributed by atoms with E-state index in [-0.39, 0.29) is 24.2 Å². The fourth-order valence-corrected chi connectivity index (χ4v) is 4.11. The van der Waals surface area contributed by atoms with Crippen molar-refractivity contribution in [3.8, 4) is 0 Å². The average Bonchev–Trinajstić information content (AvgIpc) is 3.10. The van der Waals surface area contributed by atoms with Crippen LogP contribution in [0.25, 0.3) is 10.9 Å². The number of benzene rings is 2. The number of H-pyrrole nitrogens is 1. The van der Waals surface area contributed by atoms with E-state index in [0.717, 1.165) is 28.6 Å². The highest BCUT2D eigenvalue weighted by molar-refractivity contribution is 5.83. The standard InChI is InChI=1S/C22H21F6N3/c23-21(24,25)16-7-14(8-17(10-16)22(26,27)28)12-31-6-5-29-18(13-31)9-15-11-30-20-4-2-1-3-19(15)20/h1-4,7-8,10-11,18,29-30H,5-6,9,12-13H2. The molecule has 1 aliphatic heterocycles. The number of fused-ring (bicyclic) bond motifs is 1. The molecule has 0 aliphatic carbocycles. The molecular weight excluding hydrogens is 420 g/mol. The second-order valence-corrected chi connectivity index (χ2v) is 7.86. The Labute approximate surface area is 175 Å². The van der Waals surface area contributed by atoms with Gasteiger partial charge in [0.2, 0.25) is 0 Å². The van der Waals surface area contributed by atoms with Crippen LogP contribution in [0.4, 0.5) is 26.3 Å². The van der Waals surface area contributed by atoms with Crippen molar-refractivity contribution in [2.24, 2.45) is 0 Å². The highest BCUT2D eigenvalue weighted by Gasteiger charge is 2.37. The fourth-order valence-electron chi connectivity index (χ4n) is 4.11. The molecule has 1 aromatic heterocycles. The third kappa shape index (κ3) is 5.04. The van der Waals surface area contributed by atoms with Gasteiger partial charge in [-0.15, -0.1) is 0 Å². The van der Waals surface area contributed by atoms with E-state index in [9.17, 15) is 26.3 Å². The van der Waals surface area contributed by atoms with Crippen LogP contribution in [0.2, 0.25) is 0 Å². The minimum atomic E-state index is -4.84. The Balaban J connectivity index is 1.50. The summed E-state index contributed by atoms with van der Waals surface area (Å²) in [5.41, 5.74) is -0.400. The van der Waals surface area contributed by atoms with E-state index >= 15 is 0 Å². The molecule has 1 fully saturated rings. The van der Waals surface area contributed by atoms with Crippen molar-refractivity contribution in [1.82, 2.24) is 15.2 Å². The van der Waals surface area contributed by atoms with E-state index < -0.39 is 23.5 Å². The van der Waals surface area contributed by atoms with Crippen LogP contribution in [0.15, 0.2) is 48.7 Å². The number of hydrogen-bond acceptors (Lipinski definition) is 2. The van der Waals surface area contributed by atoms with Gasteiger partial charge in [0.25, 0.3) is 0 Å². The van der Waals surface area contributed by atoms with Gasteiger partial charge in [0.15, 0.2) is 0 Å². The summed E-state index contributed by atoms with van der Waals surface area (Å²) < 4.78 is 78.7. The summed E-state index contributed by atoms with van der Waals surface area (Å²) in [4.78, 5) is 5.11. The van der Waals surface area contributed by atoms with E-state index in [1.54, 1.807) is 0 Å². The second kappa shape index (κ2) is 8.20. The van der Waals surface area contributed by atoms with Crippen LogP contribution >= 0.6 is 0 Å². The molecule has 0 bridgehead atoms. The second-order valence-electron chi connectivity index (χ2n) is 7.86. The Morgan fingerprint density at radius 2 is 1.61 bits per heavy atom. The van der Waals surface area contributed by atoms with Crippen LogP contribution in [-0.2, 0) is 25.3 Å². The molecule has 166 valence electrons. The zero-order valence-electron chi connectivity index (χ0n) is 16.4. The van der Waals surface area contributed by atoms with Gasteiger partial charge >= 0.3 is 12.4 Å². The normalized spacial score (nSPS) is 18.6. The first-order valence-corrected chi connectivity index (χ1v) is 9.89. The number of alkyl halides is 6. The molecule has 2 N–H and O–H groups in total. The van der Waals surface area contributed by atoms with Crippen molar-refractivity contribution < 1.29 is 26.3 Å². The SMILES string of the molecule is FC(F)(F)c1cc(CN2CCNC(Cc3c[nH]c4ccccc34)C2)cc(C(F)(F)F)c1. The average molecular weight is 441 g/mol. The Morgan fingerprint density at radius 1 is 0.935 bits per heavy atom. The van der Waals surface area contributed by atoms with Gasteiger partial charge in [-0.1, -0.05) is 18.2 Å². The third-order valence-corrected chi connectivity index (χ3v) is 5.53. The maximum Gasteiger partial charge on any atom is 0.416 e. The molecule has 4 rings (SSSR count). The zero-order chi connectivity index (χ0) is 22.2. The topological polar surface area (TPSA) is 31.1 Å². The highest BCUT2D eigenvalue weighted by atomic mass is 19.4. The summed E-state index contributed by atoms with van der Waals surface area (Å²) in [5, 5.41) is 4.50. The fraction of sp³-hybridized carbons (Fsp3) is 0.364.